The quantitative estimate of drug-likeness (QED) is 0.674. The Morgan fingerprint density at radius 2 is 1.90 bits per heavy atom. The fourth-order valence-electron chi connectivity index (χ4n) is 3.82. The predicted molar refractivity (Wildman–Crippen MR) is 117 cm³/mol. The minimum atomic E-state index is -0.133. The molecule has 0 bridgehead atoms. The van der Waals surface area contributed by atoms with Crippen molar-refractivity contribution in [3.63, 3.8) is 0 Å². The Balaban J connectivity index is 1.14. The highest BCUT2D eigenvalue weighted by molar-refractivity contribution is 5.95. The van der Waals surface area contributed by atoms with Crippen LogP contribution < -0.4 is 24.4 Å². The smallest absolute Gasteiger partial charge is 0.262 e. The van der Waals surface area contributed by atoms with Crippen LogP contribution in [0.1, 0.15) is 12.8 Å². The van der Waals surface area contributed by atoms with E-state index < -0.39 is 0 Å². The maximum absolute atomic E-state index is 11.4. The van der Waals surface area contributed by atoms with Crippen LogP contribution >= 0.6 is 0 Å². The highest BCUT2D eigenvalue weighted by Gasteiger charge is 2.18. The molecule has 1 N–H and O–H groups in total. The van der Waals surface area contributed by atoms with E-state index in [2.05, 4.69) is 27.2 Å². The topological polar surface area (TPSA) is 63.3 Å². The molecule has 2 aromatic carbocycles. The number of unbranched alkanes of at least 4 members (excludes halogenated alkanes) is 1. The molecule has 2 aromatic rings. The Bertz CT molecular complexity index is 865. The summed E-state index contributed by atoms with van der Waals surface area (Å²) in [6.07, 6.45) is 2.10. The number of hydrogen-bond donors (Lipinski definition) is 1. The molecule has 1 amide bonds. The lowest BCUT2D eigenvalue weighted by Gasteiger charge is -2.36. The van der Waals surface area contributed by atoms with Gasteiger partial charge in [0.05, 0.1) is 19.4 Å². The zero-order valence-corrected chi connectivity index (χ0v) is 17.4. The van der Waals surface area contributed by atoms with Crippen LogP contribution in [0.2, 0.25) is 0 Å². The Morgan fingerprint density at radius 3 is 2.73 bits per heavy atom. The summed E-state index contributed by atoms with van der Waals surface area (Å²) >= 11 is 0. The van der Waals surface area contributed by atoms with Gasteiger partial charge in [-0.1, -0.05) is 6.07 Å². The van der Waals surface area contributed by atoms with Crippen LogP contribution in [-0.4, -0.2) is 63.9 Å². The van der Waals surface area contributed by atoms with Gasteiger partial charge in [-0.05, 0) is 43.7 Å². The van der Waals surface area contributed by atoms with E-state index in [4.69, 9.17) is 14.2 Å². The third-order valence-electron chi connectivity index (χ3n) is 5.51. The Hall–Kier alpha value is -2.93. The average molecular weight is 412 g/mol. The lowest BCUT2D eigenvalue weighted by molar-refractivity contribution is -0.118. The van der Waals surface area contributed by atoms with Gasteiger partial charge < -0.3 is 24.4 Å². The highest BCUT2D eigenvalue weighted by Crippen LogP contribution is 2.31. The molecule has 4 rings (SSSR count). The summed E-state index contributed by atoms with van der Waals surface area (Å²) in [5, 5.41) is 2.81. The monoisotopic (exact) mass is 411 g/mol. The molecule has 7 nitrogen and oxygen atoms in total. The molecule has 2 aliphatic heterocycles. The number of nitrogens with one attached hydrogen (secondary N) is 1. The van der Waals surface area contributed by atoms with Crippen molar-refractivity contribution in [3.05, 3.63) is 42.5 Å². The van der Waals surface area contributed by atoms with E-state index in [0.717, 1.165) is 57.1 Å². The number of fused-ring (bicyclic) bond motifs is 1. The molecule has 0 spiro atoms. The Labute approximate surface area is 177 Å². The van der Waals surface area contributed by atoms with Crippen molar-refractivity contribution in [2.75, 3.05) is 63.3 Å². The van der Waals surface area contributed by atoms with Gasteiger partial charge in [0.2, 0.25) is 0 Å². The normalized spacial score (nSPS) is 16.4. The number of carbonyl (C=O) groups is 1. The van der Waals surface area contributed by atoms with Crippen LogP contribution in [0.15, 0.2) is 42.5 Å². The molecule has 2 heterocycles. The van der Waals surface area contributed by atoms with Gasteiger partial charge in [-0.3, -0.25) is 9.69 Å². The number of rotatable bonds is 8. The SMILES string of the molecule is COc1cccc(N2CCN(CCCCOc3ccc4c(c3)NC(=O)CO4)CC2)c1. The first kappa shape index (κ1) is 20.3. The van der Waals surface area contributed by atoms with E-state index in [1.807, 2.05) is 30.3 Å². The molecule has 0 aliphatic carbocycles. The minimum absolute atomic E-state index is 0.0704. The van der Waals surface area contributed by atoms with Gasteiger partial charge in [0.1, 0.15) is 17.2 Å². The Morgan fingerprint density at radius 1 is 1.03 bits per heavy atom. The highest BCUT2D eigenvalue weighted by atomic mass is 16.5. The minimum Gasteiger partial charge on any atom is -0.497 e. The van der Waals surface area contributed by atoms with Gasteiger partial charge >= 0.3 is 0 Å². The summed E-state index contributed by atoms with van der Waals surface area (Å²) in [5.74, 6) is 2.22. The molecule has 1 fully saturated rings. The van der Waals surface area contributed by atoms with E-state index in [1.165, 1.54) is 5.69 Å². The fraction of sp³-hybridized carbons (Fsp3) is 0.435. The van der Waals surface area contributed by atoms with Crippen LogP contribution in [-0.2, 0) is 4.79 Å². The number of ether oxygens (including phenoxy) is 3. The maximum atomic E-state index is 11.4. The zero-order valence-electron chi connectivity index (χ0n) is 17.4. The number of benzene rings is 2. The van der Waals surface area contributed by atoms with Crippen LogP contribution in [0.25, 0.3) is 0 Å². The van der Waals surface area contributed by atoms with E-state index in [9.17, 15) is 4.79 Å². The number of amides is 1. The van der Waals surface area contributed by atoms with E-state index in [0.29, 0.717) is 18.0 Å². The van der Waals surface area contributed by atoms with Crippen molar-refractivity contribution < 1.29 is 19.0 Å². The summed E-state index contributed by atoms with van der Waals surface area (Å²) < 4.78 is 16.5. The van der Waals surface area contributed by atoms with Crippen molar-refractivity contribution in [1.29, 1.82) is 0 Å². The third-order valence-corrected chi connectivity index (χ3v) is 5.51. The van der Waals surface area contributed by atoms with Crippen LogP contribution in [0.4, 0.5) is 11.4 Å². The van der Waals surface area contributed by atoms with Crippen LogP contribution in [0, 0.1) is 0 Å². The summed E-state index contributed by atoms with van der Waals surface area (Å²) in [6.45, 7) is 6.03. The lowest BCUT2D eigenvalue weighted by atomic mass is 10.2. The van der Waals surface area contributed by atoms with E-state index in [1.54, 1.807) is 7.11 Å². The lowest BCUT2D eigenvalue weighted by Crippen LogP contribution is -2.46. The molecule has 0 unspecified atom stereocenters. The van der Waals surface area contributed by atoms with E-state index in [-0.39, 0.29) is 12.5 Å². The fourth-order valence-corrected chi connectivity index (χ4v) is 3.82. The summed E-state index contributed by atoms with van der Waals surface area (Å²) in [6, 6.07) is 13.8. The number of piperazine rings is 1. The van der Waals surface area contributed by atoms with Crippen LogP contribution in [0.3, 0.4) is 0 Å². The molecular formula is C23H29N3O4. The van der Waals surface area contributed by atoms with Crippen molar-refractivity contribution in [3.8, 4) is 17.2 Å². The van der Waals surface area contributed by atoms with Gasteiger partial charge in [0, 0.05) is 44.0 Å². The molecule has 30 heavy (non-hydrogen) atoms. The molecule has 2 aliphatic rings. The van der Waals surface area contributed by atoms with E-state index >= 15 is 0 Å². The second kappa shape index (κ2) is 9.71. The largest absolute Gasteiger partial charge is 0.497 e. The molecule has 0 saturated carbocycles. The number of anilines is 2. The molecule has 0 aromatic heterocycles. The molecule has 1 saturated heterocycles. The number of methoxy groups -OCH3 is 1. The summed E-state index contributed by atoms with van der Waals surface area (Å²) in [7, 11) is 1.71. The summed E-state index contributed by atoms with van der Waals surface area (Å²) in [4.78, 5) is 16.4. The molecule has 160 valence electrons. The average Bonchev–Trinajstić information content (AvgIpc) is 2.79. The maximum Gasteiger partial charge on any atom is 0.262 e. The number of nitrogens with zero attached hydrogens (tertiary/aromatic N) is 2. The van der Waals surface area contributed by atoms with Crippen LogP contribution in [0.5, 0.6) is 17.2 Å². The first-order chi connectivity index (χ1) is 14.7. The second-order valence-electron chi connectivity index (χ2n) is 7.58. The van der Waals surface area contributed by atoms with Gasteiger partial charge in [0.15, 0.2) is 6.61 Å². The number of hydrogen-bond acceptors (Lipinski definition) is 6. The Kier molecular flexibility index (Phi) is 6.59. The molecular weight excluding hydrogens is 382 g/mol. The zero-order chi connectivity index (χ0) is 20.8. The van der Waals surface area contributed by atoms with Crippen molar-refractivity contribution >= 4 is 17.3 Å². The summed E-state index contributed by atoms with van der Waals surface area (Å²) in [5.41, 5.74) is 1.91. The second-order valence-corrected chi connectivity index (χ2v) is 7.58. The first-order valence-corrected chi connectivity index (χ1v) is 10.5. The number of carbonyl (C=O) groups excluding carboxylic acids is 1. The molecule has 0 radical (unpaired) electrons. The molecule has 0 atom stereocenters. The van der Waals surface area contributed by atoms with Gasteiger partial charge in [-0.2, -0.15) is 0 Å². The predicted octanol–water partition coefficient (Wildman–Crippen LogP) is 3.01. The first-order valence-electron chi connectivity index (χ1n) is 10.5. The molecule has 7 heteroatoms. The van der Waals surface area contributed by atoms with Crippen molar-refractivity contribution in [2.45, 2.75) is 12.8 Å². The van der Waals surface area contributed by atoms with Gasteiger partial charge in [-0.15, -0.1) is 0 Å². The van der Waals surface area contributed by atoms with Gasteiger partial charge in [0.25, 0.3) is 5.91 Å². The standard InChI is InChI=1S/C23H29N3O4/c1-28-19-6-4-5-18(15-19)26-12-10-25(11-13-26)9-2-3-14-29-20-7-8-22-21(16-20)24-23(27)17-30-22/h4-8,15-16H,2-3,9-14,17H2,1H3,(H,24,27). The van der Waals surface area contributed by atoms with Crippen molar-refractivity contribution in [1.82, 2.24) is 4.90 Å². The van der Waals surface area contributed by atoms with Gasteiger partial charge in [-0.25, -0.2) is 0 Å². The third kappa shape index (κ3) is 5.16. The van der Waals surface area contributed by atoms with Crippen molar-refractivity contribution in [2.24, 2.45) is 0 Å².